The lowest BCUT2D eigenvalue weighted by Gasteiger charge is -2.29. The highest BCUT2D eigenvalue weighted by Gasteiger charge is 2.30. The Bertz CT molecular complexity index is 1660. The van der Waals surface area contributed by atoms with Crippen molar-refractivity contribution in [3.8, 4) is 22.5 Å². The van der Waals surface area contributed by atoms with Crippen LogP contribution in [0.25, 0.3) is 22.5 Å². The number of anilines is 1. The van der Waals surface area contributed by atoms with Crippen molar-refractivity contribution < 1.29 is 24.2 Å². The number of rotatable bonds is 11. The van der Waals surface area contributed by atoms with E-state index in [1.54, 1.807) is 24.3 Å². The standard InChI is InChI=1S/C36H43N7O5/c1-36(2,3)48-35(47)37-21-24-10-14-27(15-11-24)33(45)39-31(34(46)38-29-18-16-26(17-19-29)32-40-42-43-41-32)20-23-8-12-25(13-9-23)30-7-5-4-6-28(30)22-44/h4-9,12-13,16-19,24,27,31,44H,10-11,14-15,20-22H2,1-3H3,(H,37,47)(H,38,46)(H,39,45)(H,40,41,42,43)/t24?,27?,31-/m0/s1. The summed E-state index contributed by atoms with van der Waals surface area (Å²) in [6.07, 6.45) is 2.75. The Morgan fingerprint density at radius 3 is 2.27 bits per heavy atom. The number of carbonyl (C=O) groups is 3. The number of tetrazole rings is 1. The highest BCUT2D eigenvalue weighted by Crippen LogP contribution is 2.29. The fraction of sp³-hybridized carbons (Fsp3) is 0.389. The Morgan fingerprint density at radius 2 is 1.62 bits per heavy atom. The maximum atomic E-state index is 13.7. The second-order valence-electron chi connectivity index (χ2n) is 13.2. The Labute approximate surface area is 280 Å². The van der Waals surface area contributed by atoms with Crippen LogP contribution in [0.1, 0.15) is 57.6 Å². The largest absolute Gasteiger partial charge is 0.444 e. The van der Waals surface area contributed by atoms with Gasteiger partial charge in [-0.1, -0.05) is 48.5 Å². The molecule has 1 fully saturated rings. The molecule has 0 spiro atoms. The van der Waals surface area contributed by atoms with E-state index in [-0.39, 0.29) is 36.7 Å². The van der Waals surface area contributed by atoms with Crippen molar-refractivity contribution in [2.75, 3.05) is 11.9 Å². The van der Waals surface area contributed by atoms with Gasteiger partial charge >= 0.3 is 6.09 Å². The summed E-state index contributed by atoms with van der Waals surface area (Å²) in [5.74, 6) is -0.0241. The molecule has 1 saturated carbocycles. The second-order valence-corrected chi connectivity index (χ2v) is 13.2. The molecular formula is C36H43N7O5. The molecule has 1 aliphatic carbocycles. The topological polar surface area (TPSA) is 171 Å². The van der Waals surface area contributed by atoms with Crippen LogP contribution in [-0.2, 0) is 27.4 Å². The number of aliphatic hydroxyl groups excluding tert-OH is 1. The van der Waals surface area contributed by atoms with Gasteiger partial charge in [-0.2, -0.15) is 5.21 Å². The maximum Gasteiger partial charge on any atom is 0.407 e. The first-order valence-electron chi connectivity index (χ1n) is 16.3. The second kappa shape index (κ2) is 15.7. The summed E-state index contributed by atoms with van der Waals surface area (Å²) in [5, 5.41) is 32.6. The summed E-state index contributed by atoms with van der Waals surface area (Å²) in [6.45, 7) is 5.91. The molecule has 252 valence electrons. The number of benzene rings is 3. The van der Waals surface area contributed by atoms with Gasteiger partial charge in [-0.05, 0) is 104 Å². The molecule has 4 aromatic rings. The molecule has 1 atom stereocenters. The fourth-order valence-electron chi connectivity index (χ4n) is 5.88. The van der Waals surface area contributed by atoms with Gasteiger partial charge < -0.3 is 25.8 Å². The van der Waals surface area contributed by atoms with Crippen molar-refractivity contribution in [2.45, 2.75) is 71.1 Å². The van der Waals surface area contributed by atoms with E-state index in [0.717, 1.165) is 40.7 Å². The minimum atomic E-state index is -0.823. The van der Waals surface area contributed by atoms with Gasteiger partial charge in [-0.25, -0.2) is 4.79 Å². The molecule has 0 radical (unpaired) electrons. The highest BCUT2D eigenvalue weighted by atomic mass is 16.6. The quantitative estimate of drug-likeness (QED) is 0.150. The predicted molar refractivity (Wildman–Crippen MR) is 181 cm³/mol. The average molecular weight is 654 g/mol. The lowest BCUT2D eigenvalue weighted by Crippen LogP contribution is -2.48. The van der Waals surface area contributed by atoms with Gasteiger partial charge in [0.2, 0.25) is 17.6 Å². The fourth-order valence-corrected chi connectivity index (χ4v) is 5.88. The van der Waals surface area contributed by atoms with E-state index in [9.17, 15) is 19.5 Å². The van der Waals surface area contributed by atoms with E-state index in [1.165, 1.54) is 0 Å². The van der Waals surface area contributed by atoms with Crippen LogP contribution in [0.3, 0.4) is 0 Å². The summed E-state index contributed by atoms with van der Waals surface area (Å²) in [7, 11) is 0. The van der Waals surface area contributed by atoms with Crippen LogP contribution in [-0.4, -0.2) is 61.8 Å². The summed E-state index contributed by atoms with van der Waals surface area (Å²) < 4.78 is 5.34. The number of ether oxygens (including phenoxy) is 1. The van der Waals surface area contributed by atoms with Crippen molar-refractivity contribution in [2.24, 2.45) is 11.8 Å². The Kier molecular flexibility index (Phi) is 11.2. The summed E-state index contributed by atoms with van der Waals surface area (Å²) in [4.78, 5) is 39.3. The summed E-state index contributed by atoms with van der Waals surface area (Å²) >= 11 is 0. The van der Waals surface area contributed by atoms with Crippen LogP contribution in [0.4, 0.5) is 10.5 Å². The monoisotopic (exact) mass is 653 g/mol. The molecule has 0 aliphatic heterocycles. The van der Waals surface area contributed by atoms with Crippen LogP contribution >= 0.6 is 0 Å². The smallest absolute Gasteiger partial charge is 0.407 e. The zero-order valence-corrected chi connectivity index (χ0v) is 27.5. The molecular weight excluding hydrogens is 610 g/mol. The molecule has 3 aromatic carbocycles. The van der Waals surface area contributed by atoms with Gasteiger partial charge in [0.25, 0.3) is 0 Å². The van der Waals surface area contributed by atoms with Crippen molar-refractivity contribution in [3.05, 3.63) is 83.9 Å². The number of H-pyrrole nitrogens is 1. The minimum absolute atomic E-state index is 0.0650. The number of aliphatic hydroxyl groups is 1. The first-order chi connectivity index (χ1) is 23.1. The molecule has 3 amide bonds. The van der Waals surface area contributed by atoms with Gasteiger partial charge in [-0.3, -0.25) is 9.59 Å². The normalized spacial score (nSPS) is 16.8. The zero-order chi connectivity index (χ0) is 34.1. The first-order valence-corrected chi connectivity index (χ1v) is 16.3. The SMILES string of the molecule is CC(C)(C)OC(=O)NCC1CCC(C(=O)N[C@@H](Cc2ccc(-c3ccccc3CO)cc2)C(=O)Nc2ccc(-c3nn[nH]n3)cc2)CC1. The molecule has 1 aromatic heterocycles. The third-order valence-corrected chi connectivity index (χ3v) is 8.43. The Balaban J connectivity index is 1.24. The van der Waals surface area contributed by atoms with E-state index >= 15 is 0 Å². The van der Waals surface area contributed by atoms with Gasteiger partial charge in [-0.15, -0.1) is 10.2 Å². The van der Waals surface area contributed by atoms with Crippen molar-refractivity contribution >= 4 is 23.6 Å². The number of carbonyl (C=O) groups excluding carboxylic acids is 3. The van der Waals surface area contributed by atoms with Crippen LogP contribution in [0.5, 0.6) is 0 Å². The Morgan fingerprint density at radius 1 is 0.938 bits per heavy atom. The van der Waals surface area contributed by atoms with Crippen LogP contribution in [0.15, 0.2) is 72.8 Å². The van der Waals surface area contributed by atoms with Gasteiger partial charge in [0.1, 0.15) is 11.6 Å². The van der Waals surface area contributed by atoms with Crippen LogP contribution < -0.4 is 16.0 Å². The molecule has 5 N–H and O–H groups in total. The van der Waals surface area contributed by atoms with E-state index in [2.05, 4.69) is 36.6 Å². The number of nitrogens with zero attached hydrogens (tertiary/aromatic N) is 3. The number of nitrogens with one attached hydrogen (secondary N) is 4. The number of alkyl carbamates (subject to hydrolysis) is 1. The molecule has 5 rings (SSSR count). The Hall–Kier alpha value is -5.10. The summed E-state index contributed by atoms with van der Waals surface area (Å²) in [6, 6.07) is 21.7. The average Bonchev–Trinajstić information content (AvgIpc) is 3.62. The van der Waals surface area contributed by atoms with E-state index < -0.39 is 17.7 Å². The highest BCUT2D eigenvalue weighted by molar-refractivity contribution is 5.97. The minimum Gasteiger partial charge on any atom is -0.444 e. The lowest BCUT2D eigenvalue weighted by molar-refractivity contribution is -0.130. The number of aromatic nitrogens is 4. The van der Waals surface area contributed by atoms with Crippen LogP contribution in [0, 0.1) is 11.8 Å². The number of aromatic amines is 1. The molecule has 1 aliphatic rings. The van der Waals surface area contributed by atoms with E-state index in [1.807, 2.05) is 69.3 Å². The molecule has 1 heterocycles. The first kappa shape index (κ1) is 34.2. The van der Waals surface area contributed by atoms with Crippen molar-refractivity contribution in [1.29, 1.82) is 0 Å². The molecule has 12 nitrogen and oxygen atoms in total. The van der Waals surface area contributed by atoms with Gasteiger partial charge in [0, 0.05) is 30.1 Å². The number of hydrogen-bond donors (Lipinski definition) is 5. The van der Waals surface area contributed by atoms with E-state index in [0.29, 0.717) is 30.9 Å². The van der Waals surface area contributed by atoms with Gasteiger partial charge in [0.15, 0.2) is 0 Å². The molecule has 0 unspecified atom stereocenters. The molecule has 0 saturated heterocycles. The van der Waals surface area contributed by atoms with Gasteiger partial charge in [0.05, 0.1) is 6.61 Å². The molecule has 12 heteroatoms. The number of hydrogen-bond acceptors (Lipinski definition) is 8. The summed E-state index contributed by atoms with van der Waals surface area (Å²) in [5.41, 5.74) is 4.35. The third kappa shape index (κ3) is 9.47. The zero-order valence-electron chi connectivity index (χ0n) is 27.5. The van der Waals surface area contributed by atoms with Crippen molar-refractivity contribution in [1.82, 2.24) is 31.3 Å². The van der Waals surface area contributed by atoms with E-state index in [4.69, 9.17) is 4.74 Å². The molecule has 0 bridgehead atoms. The van der Waals surface area contributed by atoms with Crippen LogP contribution in [0.2, 0.25) is 0 Å². The maximum absolute atomic E-state index is 13.7. The number of amides is 3. The lowest BCUT2D eigenvalue weighted by atomic mass is 9.81. The van der Waals surface area contributed by atoms with Crippen molar-refractivity contribution in [3.63, 3.8) is 0 Å². The molecule has 48 heavy (non-hydrogen) atoms. The third-order valence-electron chi connectivity index (χ3n) is 8.43. The predicted octanol–water partition coefficient (Wildman–Crippen LogP) is 5.02.